The van der Waals surface area contributed by atoms with Gasteiger partial charge in [-0.1, -0.05) is 11.5 Å². The molecule has 0 aliphatic carbocycles. The summed E-state index contributed by atoms with van der Waals surface area (Å²) in [6.07, 6.45) is 1.77. The van der Waals surface area contributed by atoms with Crippen LogP contribution in [0.2, 0.25) is 0 Å². The summed E-state index contributed by atoms with van der Waals surface area (Å²) in [5, 5.41) is 0. The van der Waals surface area contributed by atoms with Crippen molar-refractivity contribution < 1.29 is 4.89 Å². The van der Waals surface area contributed by atoms with Gasteiger partial charge in [0.15, 0.2) is 0 Å². The lowest BCUT2D eigenvalue weighted by Gasteiger charge is -2.01. The van der Waals surface area contributed by atoms with Crippen LogP contribution in [-0.2, 0) is 0 Å². The summed E-state index contributed by atoms with van der Waals surface area (Å²) in [4.78, 5) is 13.2. The van der Waals surface area contributed by atoms with Gasteiger partial charge in [0, 0.05) is 6.20 Å². The molecule has 0 radical (unpaired) electrons. The van der Waals surface area contributed by atoms with E-state index in [1.165, 1.54) is 0 Å². The molecule has 1 N–H and O–H groups in total. The second kappa shape index (κ2) is 3.13. The van der Waals surface area contributed by atoms with E-state index < -0.39 is 8.15 Å². The third-order valence-corrected chi connectivity index (χ3v) is 2.15. The lowest BCUT2D eigenvalue weighted by molar-refractivity contribution is 0.640. The Morgan fingerprint density at radius 1 is 1.60 bits per heavy atom. The molecule has 0 fully saturated rings. The largest absolute Gasteiger partial charge is 0.368 e. The molecule has 0 saturated heterocycles. The van der Waals surface area contributed by atoms with Crippen molar-refractivity contribution in [2.45, 2.75) is 0 Å². The Kier molecular flexibility index (Phi) is 2.41. The van der Waals surface area contributed by atoms with Crippen LogP contribution in [0.15, 0.2) is 18.3 Å². The first-order valence-corrected chi connectivity index (χ1v) is 4.79. The Labute approximate surface area is 62.5 Å². The third kappa shape index (κ3) is 1.79. The number of hydrogen-bond donors (Lipinski definition) is 1. The Morgan fingerprint density at radius 3 is 2.70 bits per heavy atom. The molecule has 4 heteroatoms. The molecule has 1 rings (SSSR count). The number of rotatable bonds is 1. The maximum Gasteiger partial charge on any atom is 0.141 e. The average Bonchev–Trinajstić information content (AvgIpc) is 1.88. The molecule has 10 heavy (non-hydrogen) atoms. The summed E-state index contributed by atoms with van der Waals surface area (Å²) >= 11 is 0. The van der Waals surface area contributed by atoms with Gasteiger partial charge in [-0.05, 0) is 12.7 Å². The van der Waals surface area contributed by atoms with Gasteiger partial charge in [-0.15, -0.1) is 0 Å². The fraction of sp³-hybridized carbons (Fsp3) is 0.167. The number of aromatic nitrogens is 1. The van der Waals surface area contributed by atoms with Crippen LogP contribution >= 0.6 is 8.15 Å². The molecule has 1 heterocycles. The summed E-state index contributed by atoms with van der Waals surface area (Å²) in [5.74, 6) is 0. The first-order chi connectivity index (χ1) is 4.70. The molecule has 0 aliphatic heterocycles. The SMILES string of the molecule is Bc1ccc(P(C)O)nc1. The van der Waals surface area contributed by atoms with Gasteiger partial charge in [0.2, 0.25) is 0 Å². The molecule has 1 unspecified atom stereocenters. The highest BCUT2D eigenvalue weighted by atomic mass is 31.1. The molecule has 1 atom stereocenters. The van der Waals surface area contributed by atoms with E-state index in [-0.39, 0.29) is 0 Å². The Hall–Kier alpha value is -0.395. The maximum atomic E-state index is 9.12. The summed E-state index contributed by atoms with van der Waals surface area (Å²) in [5.41, 5.74) is 1.92. The van der Waals surface area contributed by atoms with Crippen molar-refractivity contribution in [3.05, 3.63) is 18.3 Å². The molecule has 1 aromatic rings. The predicted molar refractivity (Wildman–Crippen MR) is 47.1 cm³/mol. The van der Waals surface area contributed by atoms with Gasteiger partial charge < -0.3 is 4.89 Å². The average molecular weight is 153 g/mol. The second-order valence-electron chi connectivity index (χ2n) is 2.22. The van der Waals surface area contributed by atoms with Crippen LogP contribution in [0, 0.1) is 0 Å². The van der Waals surface area contributed by atoms with Gasteiger partial charge in [-0.3, -0.25) is 4.98 Å². The quantitative estimate of drug-likeness (QED) is 0.414. The van der Waals surface area contributed by atoms with Crippen LogP contribution in [0.1, 0.15) is 0 Å². The molecule has 0 spiro atoms. The van der Waals surface area contributed by atoms with Crippen molar-refractivity contribution in [1.82, 2.24) is 4.98 Å². The zero-order valence-corrected chi connectivity index (χ0v) is 6.97. The van der Waals surface area contributed by atoms with Gasteiger partial charge in [0.25, 0.3) is 0 Å². The molecule has 52 valence electrons. The van der Waals surface area contributed by atoms with E-state index in [1.54, 1.807) is 12.9 Å². The number of pyridine rings is 1. The Morgan fingerprint density at radius 2 is 2.30 bits per heavy atom. The summed E-state index contributed by atoms with van der Waals surface area (Å²) in [7, 11) is 0.959. The van der Waals surface area contributed by atoms with E-state index in [1.807, 2.05) is 20.0 Å². The molecule has 0 saturated carbocycles. The van der Waals surface area contributed by atoms with Gasteiger partial charge in [0.1, 0.15) is 7.85 Å². The third-order valence-electron chi connectivity index (χ3n) is 1.23. The maximum absolute atomic E-state index is 9.12. The van der Waals surface area contributed by atoms with E-state index in [2.05, 4.69) is 4.98 Å². The predicted octanol–water partition coefficient (Wildman–Crippen LogP) is -1.02. The fourth-order valence-electron chi connectivity index (χ4n) is 0.651. The Bertz CT molecular complexity index is 211. The van der Waals surface area contributed by atoms with E-state index >= 15 is 0 Å². The molecule has 0 amide bonds. The minimum absolute atomic E-state index is 0.792. The van der Waals surface area contributed by atoms with Crippen LogP contribution in [0.25, 0.3) is 0 Å². The van der Waals surface area contributed by atoms with Crippen LogP contribution in [0.3, 0.4) is 0 Å². The van der Waals surface area contributed by atoms with Crippen LogP contribution in [-0.4, -0.2) is 24.4 Å². The smallest absolute Gasteiger partial charge is 0.141 e. The molecule has 0 aliphatic rings. The summed E-state index contributed by atoms with van der Waals surface area (Å²) < 4.78 is 0. The van der Waals surface area contributed by atoms with Crippen LogP contribution < -0.4 is 10.9 Å². The van der Waals surface area contributed by atoms with Gasteiger partial charge in [0.05, 0.1) is 13.6 Å². The van der Waals surface area contributed by atoms with Crippen LogP contribution in [0.5, 0.6) is 0 Å². The standard InChI is InChI=1S/C6H9BNOP/c1-10(9)6-3-2-5(7)4-8-6/h2-4,9H,7H2,1H3. The van der Waals surface area contributed by atoms with Crippen molar-refractivity contribution in [3.63, 3.8) is 0 Å². The van der Waals surface area contributed by atoms with E-state index in [4.69, 9.17) is 4.89 Å². The molecular formula is C6H9BNOP. The van der Waals surface area contributed by atoms with E-state index in [9.17, 15) is 0 Å². The minimum atomic E-state index is -1.02. The van der Waals surface area contributed by atoms with Gasteiger partial charge in [-0.25, -0.2) is 0 Å². The highest BCUT2D eigenvalue weighted by molar-refractivity contribution is 7.58. The monoisotopic (exact) mass is 153 g/mol. The molecule has 1 aromatic heterocycles. The molecule has 2 nitrogen and oxygen atoms in total. The summed E-state index contributed by atoms with van der Waals surface area (Å²) in [6, 6.07) is 3.82. The Balaban J connectivity index is 2.89. The van der Waals surface area contributed by atoms with Crippen molar-refractivity contribution in [2.75, 3.05) is 6.66 Å². The number of hydrogen-bond acceptors (Lipinski definition) is 2. The first kappa shape index (κ1) is 7.71. The molecule has 0 bridgehead atoms. The van der Waals surface area contributed by atoms with Crippen molar-refractivity contribution in [1.29, 1.82) is 0 Å². The van der Waals surface area contributed by atoms with Crippen LogP contribution in [0.4, 0.5) is 0 Å². The zero-order chi connectivity index (χ0) is 7.56. The van der Waals surface area contributed by atoms with Crippen molar-refractivity contribution >= 4 is 26.9 Å². The lowest BCUT2D eigenvalue weighted by atomic mass is 9.99. The number of nitrogens with zero attached hydrogens (tertiary/aromatic N) is 1. The highest BCUT2D eigenvalue weighted by Gasteiger charge is 1.99. The highest BCUT2D eigenvalue weighted by Crippen LogP contribution is 2.19. The van der Waals surface area contributed by atoms with E-state index in [0.29, 0.717) is 0 Å². The minimum Gasteiger partial charge on any atom is -0.368 e. The fourth-order valence-corrected chi connectivity index (χ4v) is 1.17. The summed E-state index contributed by atoms with van der Waals surface area (Å²) in [6.45, 7) is 1.77. The molecular weight excluding hydrogens is 144 g/mol. The molecule has 0 aromatic carbocycles. The van der Waals surface area contributed by atoms with Crippen molar-refractivity contribution in [3.8, 4) is 0 Å². The lowest BCUT2D eigenvalue weighted by Crippen LogP contribution is -2.11. The van der Waals surface area contributed by atoms with Crippen molar-refractivity contribution in [2.24, 2.45) is 0 Å². The van der Waals surface area contributed by atoms with Gasteiger partial charge in [-0.2, -0.15) is 0 Å². The second-order valence-corrected chi connectivity index (χ2v) is 3.72. The first-order valence-electron chi connectivity index (χ1n) is 3.05. The normalized spacial score (nSPS) is 13.0. The van der Waals surface area contributed by atoms with Gasteiger partial charge >= 0.3 is 0 Å². The van der Waals surface area contributed by atoms with E-state index in [0.717, 1.165) is 10.9 Å². The zero-order valence-electron chi connectivity index (χ0n) is 6.07. The topological polar surface area (TPSA) is 33.1 Å².